The summed E-state index contributed by atoms with van der Waals surface area (Å²) in [6.07, 6.45) is 4.21. The van der Waals surface area contributed by atoms with Crippen molar-refractivity contribution in [3.05, 3.63) is 41.6 Å². The molecule has 0 bridgehead atoms. The van der Waals surface area contributed by atoms with Crippen molar-refractivity contribution >= 4 is 23.3 Å². The molecule has 2 heteroatoms. The van der Waals surface area contributed by atoms with Crippen LogP contribution in [0.2, 0.25) is 0 Å². The molecule has 0 N–H and O–H groups in total. The highest BCUT2D eigenvalue weighted by Crippen LogP contribution is 2.25. The Hall–Kier alpha value is -1.83. The van der Waals surface area contributed by atoms with Crippen LogP contribution >= 0.6 is 0 Å². The number of fused-ring (bicyclic) bond motifs is 1. The molecule has 76 valence electrons. The normalized spacial score (nSPS) is 11.3. The second-order valence-electron chi connectivity index (χ2n) is 3.57. The topological polar surface area (TPSA) is 22.0 Å². The number of nitrogens with zero attached hydrogens (tertiary/aromatic N) is 1. The van der Waals surface area contributed by atoms with Gasteiger partial charge in [-0.3, -0.25) is 4.79 Å². The highest BCUT2D eigenvalue weighted by atomic mass is 16.1. The molecular formula is C13H13NO. The molecule has 0 aliphatic rings. The van der Waals surface area contributed by atoms with Crippen molar-refractivity contribution < 1.29 is 4.79 Å². The third-order valence-electron chi connectivity index (χ3n) is 2.79. The van der Waals surface area contributed by atoms with E-state index in [1.807, 2.05) is 25.3 Å². The van der Waals surface area contributed by atoms with Gasteiger partial charge in [0.05, 0.1) is 0 Å². The zero-order valence-electron chi connectivity index (χ0n) is 8.90. The molecule has 0 aliphatic heterocycles. The van der Waals surface area contributed by atoms with E-state index < -0.39 is 0 Å². The lowest BCUT2D eigenvalue weighted by atomic mass is 10.1. The summed E-state index contributed by atoms with van der Waals surface area (Å²) in [5.74, 6) is 0. The Labute approximate surface area is 88.8 Å². The molecule has 0 fully saturated rings. The summed E-state index contributed by atoms with van der Waals surface area (Å²) < 4.78 is 2.14. The predicted octanol–water partition coefficient (Wildman–Crippen LogP) is 2.70. The monoisotopic (exact) mass is 199 g/mol. The van der Waals surface area contributed by atoms with E-state index in [1.165, 1.54) is 22.7 Å². The summed E-state index contributed by atoms with van der Waals surface area (Å²) in [6.45, 7) is 2.06. The summed E-state index contributed by atoms with van der Waals surface area (Å²) >= 11 is 0. The fourth-order valence-corrected chi connectivity index (χ4v) is 1.90. The van der Waals surface area contributed by atoms with E-state index in [-0.39, 0.29) is 0 Å². The van der Waals surface area contributed by atoms with Crippen LogP contribution in [-0.4, -0.2) is 10.9 Å². The number of aromatic nitrogens is 1. The fraction of sp³-hybridized carbons (Fsp3) is 0.154. The van der Waals surface area contributed by atoms with Crippen molar-refractivity contribution in [1.82, 2.24) is 4.57 Å². The number of carbonyl (C=O) groups excluding carboxylic acids is 1. The Morgan fingerprint density at radius 3 is 2.73 bits per heavy atom. The SMILES string of the molecule is Cc1c(/C=C/C=O)c2ccccc2n1C. The molecule has 2 aromatic rings. The number of allylic oxidation sites excluding steroid dienone is 1. The van der Waals surface area contributed by atoms with Crippen molar-refractivity contribution in [2.45, 2.75) is 6.92 Å². The number of benzene rings is 1. The van der Waals surface area contributed by atoms with Gasteiger partial charge in [-0.2, -0.15) is 0 Å². The van der Waals surface area contributed by atoms with Crippen LogP contribution in [0.5, 0.6) is 0 Å². The van der Waals surface area contributed by atoms with Crippen molar-refractivity contribution in [1.29, 1.82) is 0 Å². The van der Waals surface area contributed by atoms with Crippen molar-refractivity contribution in [2.75, 3.05) is 0 Å². The minimum atomic E-state index is 0.807. The molecule has 0 saturated heterocycles. The number of carbonyl (C=O) groups is 1. The molecule has 0 saturated carbocycles. The lowest BCUT2D eigenvalue weighted by Crippen LogP contribution is -1.89. The van der Waals surface area contributed by atoms with Gasteiger partial charge in [0.15, 0.2) is 0 Å². The molecule has 0 unspecified atom stereocenters. The second kappa shape index (κ2) is 3.73. The Bertz CT molecular complexity index is 535. The fourth-order valence-electron chi connectivity index (χ4n) is 1.90. The maximum Gasteiger partial charge on any atom is 0.142 e. The number of hydrogen-bond acceptors (Lipinski definition) is 1. The summed E-state index contributed by atoms with van der Waals surface area (Å²) in [5, 5.41) is 1.19. The van der Waals surface area contributed by atoms with E-state index in [2.05, 4.69) is 23.6 Å². The van der Waals surface area contributed by atoms with Gasteiger partial charge in [-0.1, -0.05) is 18.2 Å². The van der Waals surface area contributed by atoms with Gasteiger partial charge in [0.1, 0.15) is 6.29 Å². The standard InChI is InChI=1S/C13H13NO/c1-10-11(7-5-9-15)12-6-3-4-8-13(12)14(10)2/h3-9H,1-2H3/b7-5+. The Kier molecular flexibility index (Phi) is 2.42. The molecule has 2 nitrogen and oxygen atoms in total. The van der Waals surface area contributed by atoms with Crippen LogP contribution in [0.4, 0.5) is 0 Å². The molecule has 0 amide bonds. The van der Waals surface area contributed by atoms with Crippen molar-refractivity contribution in [3.8, 4) is 0 Å². The minimum Gasteiger partial charge on any atom is -0.347 e. The smallest absolute Gasteiger partial charge is 0.142 e. The van der Waals surface area contributed by atoms with Gasteiger partial charge in [-0.25, -0.2) is 0 Å². The first-order valence-electron chi connectivity index (χ1n) is 4.91. The molecule has 1 aromatic heterocycles. The minimum absolute atomic E-state index is 0.807. The summed E-state index contributed by atoms with van der Waals surface area (Å²) in [7, 11) is 2.04. The van der Waals surface area contributed by atoms with Gasteiger partial charge >= 0.3 is 0 Å². The quantitative estimate of drug-likeness (QED) is 0.538. The molecule has 15 heavy (non-hydrogen) atoms. The van der Waals surface area contributed by atoms with E-state index >= 15 is 0 Å². The molecule has 0 spiro atoms. The number of para-hydroxylation sites is 1. The Balaban J connectivity index is 2.77. The second-order valence-corrected chi connectivity index (χ2v) is 3.57. The highest BCUT2D eigenvalue weighted by Gasteiger charge is 2.07. The lowest BCUT2D eigenvalue weighted by Gasteiger charge is -1.97. The molecule has 0 radical (unpaired) electrons. The van der Waals surface area contributed by atoms with Crippen LogP contribution in [-0.2, 0) is 11.8 Å². The number of hydrogen-bond donors (Lipinski definition) is 0. The van der Waals surface area contributed by atoms with E-state index in [1.54, 1.807) is 0 Å². The maximum absolute atomic E-state index is 10.3. The first-order valence-corrected chi connectivity index (χ1v) is 4.91. The Morgan fingerprint density at radius 2 is 2.00 bits per heavy atom. The van der Waals surface area contributed by atoms with Gasteiger partial charge in [0.2, 0.25) is 0 Å². The zero-order valence-corrected chi connectivity index (χ0v) is 8.90. The number of aryl methyl sites for hydroxylation is 1. The van der Waals surface area contributed by atoms with E-state index in [0.29, 0.717) is 0 Å². The molecule has 1 aromatic carbocycles. The van der Waals surface area contributed by atoms with Crippen LogP contribution in [0.3, 0.4) is 0 Å². The van der Waals surface area contributed by atoms with Crippen LogP contribution in [0.15, 0.2) is 30.3 Å². The van der Waals surface area contributed by atoms with Gasteiger partial charge in [0, 0.05) is 29.2 Å². The lowest BCUT2D eigenvalue weighted by molar-refractivity contribution is -0.104. The summed E-state index contributed by atoms with van der Waals surface area (Å²) in [6, 6.07) is 8.20. The first-order chi connectivity index (χ1) is 7.25. The average Bonchev–Trinajstić information content (AvgIpc) is 2.51. The van der Waals surface area contributed by atoms with E-state index in [4.69, 9.17) is 0 Å². The van der Waals surface area contributed by atoms with Crippen LogP contribution in [0, 0.1) is 6.92 Å². The van der Waals surface area contributed by atoms with Crippen LogP contribution in [0.1, 0.15) is 11.3 Å². The van der Waals surface area contributed by atoms with Crippen LogP contribution in [0.25, 0.3) is 17.0 Å². The molecule has 2 rings (SSSR count). The largest absolute Gasteiger partial charge is 0.347 e. The predicted molar refractivity (Wildman–Crippen MR) is 62.8 cm³/mol. The van der Waals surface area contributed by atoms with Gasteiger partial charge < -0.3 is 4.57 Å². The zero-order chi connectivity index (χ0) is 10.8. The average molecular weight is 199 g/mol. The number of rotatable bonds is 2. The first kappa shape index (κ1) is 9.71. The van der Waals surface area contributed by atoms with Crippen LogP contribution < -0.4 is 0 Å². The molecule has 0 atom stereocenters. The van der Waals surface area contributed by atoms with E-state index in [0.717, 1.165) is 11.8 Å². The summed E-state index contributed by atoms with van der Waals surface area (Å²) in [5.41, 5.74) is 3.50. The number of aldehydes is 1. The van der Waals surface area contributed by atoms with E-state index in [9.17, 15) is 4.79 Å². The van der Waals surface area contributed by atoms with Gasteiger partial charge in [-0.15, -0.1) is 0 Å². The van der Waals surface area contributed by atoms with Crippen molar-refractivity contribution in [2.24, 2.45) is 7.05 Å². The third-order valence-corrected chi connectivity index (χ3v) is 2.79. The molecular weight excluding hydrogens is 186 g/mol. The molecule has 0 aliphatic carbocycles. The van der Waals surface area contributed by atoms with Gasteiger partial charge in [0.25, 0.3) is 0 Å². The summed E-state index contributed by atoms with van der Waals surface area (Å²) in [4.78, 5) is 10.3. The van der Waals surface area contributed by atoms with Gasteiger partial charge in [-0.05, 0) is 25.1 Å². The highest BCUT2D eigenvalue weighted by molar-refractivity contribution is 5.93. The third kappa shape index (κ3) is 1.48. The molecule has 1 heterocycles. The Morgan fingerprint density at radius 1 is 1.27 bits per heavy atom. The van der Waals surface area contributed by atoms with Crippen molar-refractivity contribution in [3.63, 3.8) is 0 Å². The maximum atomic E-state index is 10.3.